The molecule has 1 aromatic rings. The van der Waals surface area contributed by atoms with E-state index in [-0.39, 0.29) is 0 Å². The molecule has 0 aliphatic rings. The van der Waals surface area contributed by atoms with Crippen molar-refractivity contribution in [2.45, 2.75) is 96.8 Å². The molecule has 0 atom stereocenters. The molecule has 30 heavy (non-hydrogen) atoms. The number of hydrogen-bond acceptors (Lipinski definition) is 4. The fourth-order valence-corrected chi connectivity index (χ4v) is 3.72. The Labute approximate surface area is 188 Å². The molecule has 0 amide bonds. The third-order valence-electron chi connectivity index (χ3n) is 5.43. The van der Waals surface area contributed by atoms with Crippen LogP contribution in [0, 0.1) is 0 Å². The average molecular weight is 441 g/mol. The van der Waals surface area contributed by atoms with E-state index < -0.39 is 5.24 Å². The van der Waals surface area contributed by atoms with Crippen molar-refractivity contribution in [3.63, 3.8) is 0 Å². The Balaban J connectivity index is 2.11. The van der Waals surface area contributed by atoms with Crippen molar-refractivity contribution < 1.29 is 19.0 Å². The summed E-state index contributed by atoms with van der Waals surface area (Å²) in [5.74, 6) is 1.45. The summed E-state index contributed by atoms with van der Waals surface area (Å²) >= 11 is 5.57. The maximum absolute atomic E-state index is 11.4. The molecule has 1 rings (SSSR count). The molecule has 1 aromatic carbocycles. The van der Waals surface area contributed by atoms with Gasteiger partial charge in [-0.2, -0.15) is 0 Å². The molecule has 0 radical (unpaired) electrons. The molecule has 0 aliphatic heterocycles. The van der Waals surface area contributed by atoms with Gasteiger partial charge in [0.2, 0.25) is 5.75 Å². The summed E-state index contributed by atoms with van der Waals surface area (Å²) in [5, 5.41) is -0.551. The Hall–Kier alpha value is -1.42. The highest BCUT2D eigenvalue weighted by Gasteiger charge is 2.16. The van der Waals surface area contributed by atoms with Crippen LogP contribution in [0.3, 0.4) is 0 Å². The molecule has 172 valence electrons. The van der Waals surface area contributed by atoms with Gasteiger partial charge in [-0.05, 0) is 30.2 Å². The Morgan fingerprint density at radius 3 is 1.50 bits per heavy atom. The van der Waals surface area contributed by atoms with E-state index in [4.69, 9.17) is 25.8 Å². The number of carbonyl (C=O) groups is 1. The molecule has 0 N–H and O–H groups in total. The fraction of sp³-hybridized carbons (Fsp3) is 0.720. The predicted octanol–water partition coefficient (Wildman–Crippen LogP) is 7.94. The predicted molar refractivity (Wildman–Crippen MR) is 126 cm³/mol. The number of ether oxygens (including phenoxy) is 3. The van der Waals surface area contributed by atoms with Gasteiger partial charge in [-0.3, -0.25) is 4.79 Å². The molecule has 0 bridgehead atoms. The van der Waals surface area contributed by atoms with E-state index in [2.05, 4.69) is 6.92 Å². The highest BCUT2D eigenvalue weighted by Crippen LogP contribution is 2.39. The van der Waals surface area contributed by atoms with Crippen LogP contribution in [0.2, 0.25) is 0 Å². The van der Waals surface area contributed by atoms with Gasteiger partial charge in [-0.1, -0.05) is 90.4 Å². The highest BCUT2D eigenvalue weighted by molar-refractivity contribution is 6.67. The zero-order valence-electron chi connectivity index (χ0n) is 19.3. The Bertz CT molecular complexity index is 564. The third kappa shape index (κ3) is 11.1. The molecular weight excluding hydrogens is 400 g/mol. The molecule has 0 spiro atoms. The number of hydrogen-bond donors (Lipinski definition) is 0. The largest absolute Gasteiger partial charge is 0.493 e. The lowest BCUT2D eigenvalue weighted by atomic mass is 10.0. The highest BCUT2D eigenvalue weighted by atomic mass is 35.5. The van der Waals surface area contributed by atoms with Gasteiger partial charge in [0.05, 0.1) is 20.8 Å². The lowest BCUT2D eigenvalue weighted by Gasteiger charge is -2.15. The first-order valence-electron chi connectivity index (χ1n) is 11.7. The molecule has 0 saturated carbocycles. The van der Waals surface area contributed by atoms with E-state index in [1.165, 1.54) is 91.3 Å². The van der Waals surface area contributed by atoms with E-state index in [1.807, 2.05) is 0 Å². The van der Waals surface area contributed by atoms with Crippen molar-refractivity contribution in [3.05, 3.63) is 17.7 Å². The first-order chi connectivity index (χ1) is 14.6. The van der Waals surface area contributed by atoms with Crippen LogP contribution in [0.25, 0.3) is 0 Å². The minimum Gasteiger partial charge on any atom is -0.493 e. The smallest absolute Gasteiger partial charge is 0.252 e. The van der Waals surface area contributed by atoms with Gasteiger partial charge in [-0.15, -0.1) is 0 Å². The van der Waals surface area contributed by atoms with E-state index in [0.29, 0.717) is 29.4 Å². The number of methoxy groups -OCH3 is 2. The van der Waals surface area contributed by atoms with Gasteiger partial charge >= 0.3 is 0 Å². The van der Waals surface area contributed by atoms with Crippen molar-refractivity contribution in [1.82, 2.24) is 0 Å². The van der Waals surface area contributed by atoms with Gasteiger partial charge in [0.25, 0.3) is 5.24 Å². The Morgan fingerprint density at radius 2 is 1.13 bits per heavy atom. The van der Waals surface area contributed by atoms with Gasteiger partial charge in [-0.25, -0.2) is 0 Å². The summed E-state index contributed by atoms with van der Waals surface area (Å²) in [4.78, 5) is 11.4. The maximum atomic E-state index is 11.4. The first kappa shape index (κ1) is 26.6. The summed E-state index contributed by atoms with van der Waals surface area (Å²) in [6.45, 7) is 2.87. The second kappa shape index (κ2) is 17.3. The number of benzene rings is 1. The molecule has 5 heteroatoms. The van der Waals surface area contributed by atoms with Crippen LogP contribution in [-0.2, 0) is 0 Å². The molecule has 0 saturated heterocycles. The van der Waals surface area contributed by atoms with Crippen molar-refractivity contribution >= 4 is 16.8 Å². The van der Waals surface area contributed by atoms with Crippen LogP contribution in [0.5, 0.6) is 17.2 Å². The first-order valence-corrected chi connectivity index (χ1v) is 12.1. The average Bonchev–Trinajstić information content (AvgIpc) is 2.75. The van der Waals surface area contributed by atoms with Crippen molar-refractivity contribution in [2.75, 3.05) is 20.8 Å². The minimum atomic E-state index is -0.551. The number of rotatable bonds is 19. The van der Waals surface area contributed by atoms with Gasteiger partial charge in [0.1, 0.15) is 0 Å². The minimum absolute atomic E-state index is 0.328. The van der Waals surface area contributed by atoms with Crippen LogP contribution >= 0.6 is 11.6 Å². The summed E-state index contributed by atoms with van der Waals surface area (Å²) in [6, 6.07) is 3.16. The Kier molecular flexibility index (Phi) is 15.3. The molecular formula is C25H41ClO4. The third-order valence-corrected chi connectivity index (χ3v) is 5.65. The van der Waals surface area contributed by atoms with Crippen LogP contribution in [0.4, 0.5) is 0 Å². The van der Waals surface area contributed by atoms with Crippen LogP contribution < -0.4 is 14.2 Å². The molecule has 0 aliphatic carbocycles. The maximum Gasteiger partial charge on any atom is 0.252 e. The quantitative estimate of drug-likeness (QED) is 0.162. The summed E-state index contributed by atoms with van der Waals surface area (Å²) < 4.78 is 16.6. The normalized spacial score (nSPS) is 10.8. The molecule has 4 nitrogen and oxygen atoms in total. The standard InChI is InChI=1S/C25H41ClO4/c1-4-5-6-7-8-9-10-11-12-13-14-15-16-17-18-30-24-22(28-2)19-21(25(26)27)20-23(24)29-3/h19-20H,4-18H2,1-3H3. The summed E-state index contributed by atoms with van der Waals surface area (Å²) in [7, 11) is 3.08. The van der Waals surface area contributed by atoms with Crippen molar-refractivity contribution in [3.8, 4) is 17.2 Å². The number of unbranched alkanes of at least 4 members (excludes halogenated alkanes) is 13. The second-order valence-corrected chi connectivity index (χ2v) is 8.27. The molecule has 0 fully saturated rings. The Morgan fingerprint density at radius 1 is 0.733 bits per heavy atom. The summed E-state index contributed by atoms with van der Waals surface area (Å²) in [5.41, 5.74) is 0.328. The van der Waals surface area contributed by atoms with Crippen LogP contribution in [-0.4, -0.2) is 26.1 Å². The zero-order chi connectivity index (χ0) is 22.0. The fourth-order valence-electron chi connectivity index (χ4n) is 3.61. The van der Waals surface area contributed by atoms with Crippen LogP contribution in [0.15, 0.2) is 12.1 Å². The lowest BCUT2D eigenvalue weighted by Crippen LogP contribution is -2.03. The van der Waals surface area contributed by atoms with Gasteiger partial charge in [0, 0.05) is 5.56 Å². The number of carbonyl (C=O) groups excluding carboxylic acids is 1. The van der Waals surface area contributed by atoms with E-state index in [9.17, 15) is 4.79 Å². The van der Waals surface area contributed by atoms with Gasteiger partial charge in [0.15, 0.2) is 11.5 Å². The summed E-state index contributed by atoms with van der Waals surface area (Å²) in [6.07, 6.45) is 18.6. The number of halogens is 1. The van der Waals surface area contributed by atoms with Crippen LogP contribution in [0.1, 0.15) is 107 Å². The van der Waals surface area contributed by atoms with Gasteiger partial charge < -0.3 is 14.2 Å². The van der Waals surface area contributed by atoms with Crippen molar-refractivity contribution in [2.24, 2.45) is 0 Å². The van der Waals surface area contributed by atoms with E-state index in [1.54, 1.807) is 12.1 Å². The zero-order valence-corrected chi connectivity index (χ0v) is 20.0. The molecule has 0 heterocycles. The second-order valence-electron chi connectivity index (χ2n) is 7.93. The molecule has 0 unspecified atom stereocenters. The monoisotopic (exact) mass is 440 g/mol. The van der Waals surface area contributed by atoms with E-state index >= 15 is 0 Å². The molecule has 0 aromatic heterocycles. The topological polar surface area (TPSA) is 44.8 Å². The van der Waals surface area contributed by atoms with Crippen molar-refractivity contribution in [1.29, 1.82) is 0 Å². The van der Waals surface area contributed by atoms with E-state index in [0.717, 1.165) is 12.8 Å². The lowest BCUT2D eigenvalue weighted by molar-refractivity contribution is 0.108. The SMILES string of the molecule is CCCCCCCCCCCCCCCCOc1c(OC)cc(C(=O)Cl)cc1OC.